The quantitative estimate of drug-likeness (QED) is 0.706. The summed E-state index contributed by atoms with van der Waals surface area (Å²) in [6, 6.07) is 6.22. The Balaban J connectivity index is 1.60. The van der Waals surface area contributed by atoms with Gasteiger partial charge in [0, 0.05) is 18.2 Å². The van der Waals surface area contributed by atoms with Crippen LogP contribution in [-0.4, -0.2) is 34.4 Å². The number of rotatable bonds is 8. The van der Waals surface area contributed by atoms with E-state index in [1.807, 2.05) is 0 Å². The maximum Gasteiger partial charge on any atom is 0.422 e. The maximum absolute atomic E-state index is 12.5. The van der Waals surface area contributed by atoms with Crippen molar-refractivity contribution in [1.29, 1.82) is 0 Å². The van der Waals surface area contributed by atoms with Crippen molar-refractivity contribution < 1.29 is 27.5 Å². The summed E-state index contributed by atoms with van der Waals surface area (Å²) < 4.78 is 41.6. The summed E-state index contributed by atoms with van der Waals surface area (Å²) in [4.78, 5) is 32.9. The topological polar surface area (TPSA) is 81.2 Å². The second-order valence-electron chi connectivity index (χ2n) is 7.41. The Morgan fingerprint density at radius 1 is 1.17 bits per heavy atom. The van der Waals surface area contributed by atoms with Crippen molar-refractivity contribution in [3.63, 3.8) is 0 Å². The van der Waals surface area contributed by atoms with Crippen LogP contribution in [0.15, 0.2) is 24.3 Å². The Morgan fingerprint density at radius 3 is 2.53 bits per heavy atom. The predicted molar refractivity (Wildman–Crippen MR) is 102 cm³/mol. The van der Waals surface area contributed by atoms with Crippen LogP contribution in [0.2, 0.25) is 0 Å². The zero-order valence-corrected chi connectivity index (χ0v) is 16.7. The minimum Gasteiger partial charge on any atom is -0.484 e. The van der Waals surface area contributed by atoms with Crippen LogP contribution >= 0.6 is 0 Å². The van der Waals surface area contributed by atoms with Crippen molar-refractivity contribution >= 4 is 11.7 Å². The van der Waals surface area contributed by atoms with Gasteiger partial charge in [0.15, 0.2) is 6.61 Å². The fraction of sp³-hybridized carbons (Fsp3) is 0.429. The second-order valence-corrected chi connectivity index (χ2v) is 7.41. The van der Waals surface area contributed by atoms with Crippen LogP contribution in [0.5, 0.6) is 5.75 Å². The molecule has 3 rings (SSSR count). The minimum atomic E-state index is -4.41. The fourth-order valence-corrected chi connectivity index (χ4v) is 2.95. The lowest BCUT2D eigenvalue weighted by Gasteiger charge is -2.13. The lowest BCUT2D eigenvalue weighted by Crippen LogP contribution is -2.25. The van der Waals surface area contributed by atoms with Crippen LogP contribution in [0.1, 0.15) is 46.0 Å². The molecule has 0 bridgehead atoms. The first kappa shape index (κ1) is 21.7. The Kier molecular flexibility index (Phi) is 6.38. The summed E-state index contributed by atoms with van der Waals surface area (Å²) in [6.45, 7) is 2.17. The van der Waals surface area contributed by atoms with Gasteiger partial charge in [0.25, 0.3) is 5.91 Å². The van der Waals surface area contributed by atoms with Crippen molar-refractivity contribution in [1.82, 2.24) is 15.3 Å². The van der Waals surface area contributed by atoms with Crippen molar-refractivity contribution in [2.45, 2.75) is 45.8 Å². The highest BCUT2D eigenvalue weighted by atomic mass is 19.4. The molecular weight excluding hydrogens is 399 g/mol. The molecule has 0 saturated heterocycles. The van der Waals surface area contributed by atoms with E-state index in [4.69, 9.17) is 4.74 Å². The summed E-state index contributed by atoms with van der Waals surface area (Å²) in [5.74, 6) is 0.238. The van der Waals surface area contributed by atoms with Crippen molar-refractivity contribution in [2.24, 2.45) is 5.92 Å². The summed E-state index contributed by atoms with van der Waals surface area (Å²) in [7, 11) is 0. The fourth-order valence-electron chi connectivity index (χ4n) is 2.95. The summed E-state index contributed by atoms with van der Waals surface area (Å²) >= 11 is 0. The smallest absolute Gasteiger partial charge is 0.422 e. The van der Waals surface area contributed by atoms with E-state index < -0.39 is 18.7 Å². The first-order valence-corrected chi connectivity index (χ1v) is 9.55. The Bertz CT molecular complexity index is 956. The number of hydrogen-bond acceptors (Lipinski definition) is 5. The monoisotopic (exact) mass is 421 g/mol. The van der Waals surface area contributed by atoms with Gasteiger partial charge in [-0.05, 0) is 49.9 Å². The van der Waals surface area contributed by atoms with Gasteiger partial charge in [-0.2, -0.15) is 13.2 Å². The van der Waals surface area contributed by atoms with Crippen LogP contribution in [0, 0.1) is 19.8 Å². The standard InChI is InChI=1S/C21H22F3N3O3/c1-12-7-14(3-6-18(12)30-11-21(22,23)24)10-25-20(29)16-8-13(2)26-19(27-16)9-17(28)15-4-5-15/h3,6-8,15H,4-5,9-11H2,1-2H3,(H,25,29). The molecule has 30 heavy (non-hydrogen) atoms. The highest BCUT2D eigenvalue weighted by Crippen LogP contribution is 2.30. The third-order valence-electron chi connectivity index (χ3n) is 4.58. The number of benzene rings is 1. The average molecular weight is 421 g/mol. The van der Waals surface area contributed by atoms with Crippen LogP contribution in [0.4, 0.5) is 13.2 Å². The van der Waals surface area contributed by atoms with Crippen LogP contribution < -0.4 is 10.1 Å². The molecule has 0 radical (unpaired) electrons. The highest BCUT2D eigenvalue weighted by Gasteiger charge is 2.30. The van der Waals surface area contributed by atoms with E-state index >= 15 is 0 Å². The first-order valence-electron chi connectivity index (χ1n) is 9.55. The van der Waals surface area contributed by atoms with E-state index in [9.17, 15) is 22.8 Å². The number of carbonyl (C=O) groups is 2. The van der Waals surface area contributed by atoms with Gasteiger partial charge in [0.2, 0.25) is 0 Å². The summed E-state index contributed by atoms with van der Waals surface area (Å²) in [5, 5.41) is 2.73. The molecule has 9 heteroatoms. The minimum absolute atomic E-state index is 0.0928. The van der Waals surface area contributed by atoms with Gasteiger partial charge < -0.3 is 10.1 Å². The number of nitrogens with one attached hydrogen (secondary N) is 1. The summed E-state index contributed by atoms with van der Waals surface area (Å²) in [5.41, 5.74) is 2.00. The number of ether oxygens (including phenoxy) is 1. The van der Waals surface area contributed by atoms with E-state index in [1.165, 1.54) is 6.07 Å². The lowest BCUT2D eigenvalue weighted by molar-refractivity contribution is -0.153. The van der Waals surface area contributed by atoms with E-state index in [2.05, 4.69) is 15.3 Å². The maximum atomic E-state index is 12.5. The molecular formula is C21H22F3N3O3. The molecule has 1 aromatic carbocycles. The van der Waals surface area contributed by atoms with Gasteiger partial charge in [-0.25, -0.2) is 9.97 Å². The molecule has 1 fully saturated rings. The zero-order valence-electron chi connectivity index (χ0n) is 16.7. The van der Waals surface area contributed by atoms with Gasteiger partial charge in [0.05, 0.1) is 6.42 Å². The van der Waals surface area contributed by atoms with Crippen molar-refractivity contribution in [2.75, 3.05) is 6.61 Å². The van der Waals surface area contributed by atoms with Crippen LogP contribution in [0.25, 0.3) is 0 Å². The molecule has 0 aliphatic heterocycles. The number of ketones is 1. The van der Waals surface area contributed by atoms with Crippen molar-refractivity contribution in [3.8, 4) is 5.75 Å². The molecule has 1 amide bonds. The largest absolute Gasteiger partial charge is 0.484 e. The van der Waals surface area contributed by atoms with Crippen molar-refractivity contribution in [3.05, 3.63) is 52.6 Å². The molecule has 2 aromatic rings. The van der Waals surface area contributed by atoms with Gasteiger partial charge in [-0.1, -0.05) is 12.1 Å². The number of hydrogen-bond donors (Lipinski definition) is 1. The van der Waals surface area contributed by atoms with Crippen LogP contribution in [0.3, 0.4) is 0 Å². The summed E-state index contributed by atoms with van der Waals surface area (Å²) in [6.07, 6.45) is -2.49. The van der Waals surface area contributed by atoms with Crippen LogP contribution in [-0.2, 0) is 17.8 Å². The number of nitrogens with zero attached hydrogens (tertiary/aromatic N) is 2. The van der Waals surface area contributed by atoms with Gasteiger partial charge in [-0.15, -0.1) is 0 Å². The number of halogens is 3. The average Bonchev–Trinajstić information content (AvgIpc) is 3.49. The molecule has 0 spiro atoms. The molecule has 1 N–H and O–H groups in total. The number of Topliss-reactive ketones (excluding diaryl/α,β-unsaturated/α-hetero) is 1. The third-order valence-corrected chi connectivity index (χ3v) is 4.58. The Hall–Kier alpha value is -2.97. The normalized spacial score (nSPS) is 13.8. The predicted octanol–water partition coefficient (Wildman–Crippen LogP) is 3.49. The number of alkyl halides is 3. The zero-order chi connectivity index (χ0) is 21.9. The Morgan fingerprint density at radius 2 is 1.90 bits per heavy atom. The molecule has 1 heterocycles. The number of aryl methyl sites for hydroxylation is 2. The van der Waals surface area contributed by atoms with E-state index in [1.54, 1.807) is 32.0 Å². The van der Waals surface area contributed by atoms with Gasteiger partial charge in [-0.3, -0.25) is 9.59 Å². The molecule has 1 aliphatic carbocycles. The Labute approximate surface area is 171 Å². The SMILES string of the molecule is Cc1cc(C(=O)NCc2ccc(OCC(F)(F)F)c(C)c2)nc(CC(=O)C2CC2)n1. The number of carbonyl (C=O) groups excluding carboxylic acids is 2. The molecule has 1 saturated carbocycles. The van der Waals surface area contributed by atoms with E-state index in [0.29, 0.717) is 22.6 Å². The lowest BCUT2D eigenvalue weighted by atomic mass is 10.1. The molecule has 160 valence electrons. The molecule has 0 unspecified atom stereocenters. The van der Waals surface area contributed by atoms with Gasteiger partial charge >= 0.3 is 6.18 Å². The third kappa shape index (κ3) is 6.27. The highest BCUT2D eigenvalue weighted by molar-refractivity contribution is 5.92. The second kappa shape index (κ2) is 8.81. The van der Waals surface area contributed by atoms with Gasteiger partial charge in [0.1, 0.15) is 23.1 Å². The molecule has 1 aromatic heterocycles. The van der Waals surface area contributed by atoms with E-state index in [-0.39, 0.29) is 36.1 Å². The number of amides is 1. The molecule has 6 nitrogen and oxygen atoms in total. The molecule has 1 aliphatic rings. The molecule has 0 atom stereocenters. The number of aromatic nitrogens is 2. The van der Waals surface area contributed by atoms with E-state index in [0.717, 1.165) is 12.8 Å². The first-order chi connectivity index (χ1) is 14.1.